The first-order valence-electron chi connectivity index (χ1n) is 12.2. The maximum atomic E-state index is 13.6. The van der Waals surface area contributed by atoms with Crippen molar-refractivity contribution in [1.29, 1.82) is 0 Å². The zero-order chi connectivity index (χ0) is 25.1. The van der Waals surface area contributed by atoms with Crippen LogP contribution in [0.2, 0.25) is 0 Å². The van der Waals surface area contributed by atoms with Crippen molar-refractivity contribution in [2.45, 2.75) is 95.9 Å². The third-order valence-electron chi connectivity index (χ3n) is 6.70. The molecule has 3 rings (SSSR count). The molecule has 10 nitrogen and oxygen atoms in total. The van der Waals surface area contributed by atoms with Crippen molar-refractivity contribution in [3.05, 3.63) is 18.0 Å². The van der Waals surface area contributed by atoms with E-state index in [0.717, 1.165) is 25.7 Å². The third-order valence-corrected chi connectivity index (χ3v) is 6.70. The van der Waals surface area contributed by atoms with Gasteiger partial charge in [0, 0.05) is 31.0 Å². The molecule has 3 aliphatic rings. The SMILES string of the molecule is C[C@@H]1C[C@H]2C(=O)N[C@]3(C(=O)N[NH-])CC3/C=C\CCCCC[C@H](NC(=O)OC(C)(C)C)C(=O)N2C1.[V]. The van der Waals surface area contributed by atoms with Gasteiger partial charge in [-0.3, -0.25) is 14.4 Å². The Hall–Kier alpha value is -2.04. The zero-order valence-corrected chi connectivity index (χ0v) is 22.5. The van der Waals surface area contributed by atoms with Crippen LogP contribution in [0.1, 0.15) is 72.6 Å². The van der Waals surface area contributed by atoms with Gasteiger partial charge in [0.25, 0.3) is 0 Å². The van der Waals surface area contributed by atoms with Gasteiger partial charge in [-0.05, 0) is 58.8 Å². The number of fused-ring (bicyclic) bond motifs is 2. The fourth-order valence-electron chi connectivity index (χ4n) is 4.89. The van der Waals surface area contributed by atoms with Gasteiger partial charge in [-0.15, -0.1) is 0 Å². The summed E-state index contributed by atoms with van der Waals surface area (Å²) in [5.41, 5.74) is 0.0813. The molecule has 0 aromatic rings. The molecule has 35 heavy (non-hydrogen) atoms. The Labute approximate surface area is 219 Å². The predicted molar refractivity (Wildman–Crippen MR) is 126 cm³/mol. The van der Waals surface area contributed by atoms with E-state index < -0.39 is 41.1 Å². The number of amides is 4. The van der Waals surface area contributed by atoms with E-state index in [2.05, 4.69) is 10.6 Å². The third kappa shape index (κ3) is 7.24. The molecule has 0 spiro atoms. The summed E-state index contributed by atoms with van der Waals surface area (Å²) in [7, 11) is 0. The van der Waals surface area contributed by atoms with Gasteiger partial charge in [0.2, 0.25) is 17.7 Å². The van der Waals surface area contributed by atoms with Gasteiger partial charge >= 0.3 is 6.09 Å². The Kier molecular flexibility index (Phi) is 9.84. The summed E-state index contributed by atoms with van der Waals surface area (Å²) in [5, 5.41) is 5.58. The van der Waals surface area contributed by atoms with E-state index in [1.165, 1.54) is 4.90 Å². The Morgan fingerprint density at radius 1 is 1.23 bits per heavy atom. The van der Waals surface area contributed by atoms with Crippen LogP contribution in [0.5, 0.6) is 0 Å². The number of alkyl carbamates (subject to hydrolysis) is 1. The van der Waals surface area contributed by atoms with Crippen LogP contribution in [0.3, 0.4) is 0 Å². The summed E-state index contributed by atoms with van der Waals surface area (Å²) in [4.78, 5) is 53.4. The molecule has 0 bridgehead atoms. The second kappa shape index (κ2) is 11.8. The minimum absolute atomic E-state index is 0. The number of nitrogens with zero attached hydrogens (tertiary/aromatic N) is 1. The quantitative estimate of drug-likeness (QED) is 0.374. The number of hydrogen-bond acceptors (Lipinski definition) is 5. The second-order valence-electron chi connectivity index (χ2n) is 10.8. The first kappa shape index (κ1) is 29.2. The van der Waals surface area contributed by atoms with E-state index in [4.69, 9.17) is 10.6 Å². The smallest absolute Gasteiger partial charge is 0.408 e. The molecule has 1 aliphatic carbocycles. The van der Waals surface area contributed by atoms with Crippen LogP contribution in [-0.4, -0.2) is 58.5 Å². The van der Waals surface area contributed by atoms with Gasteiger partial charge in [-0.1, -0.05) is 31.9 Å². The topological polar surface area (TPSA) is 141 Å². The second-order valence-corrected chi connectivity index (χ2v) is 10.8. The number of nitrogens with one attached hydrogen (secondary N) is 4. The molecule has 2 aliphatic heterocycles. The summed E-state index contributed by atoms with van der Waals surface area (Å²) in [6.07, 6.45) is 8.00. The molecule has 195 valence electrons. The molecule has 4 amide bonds. The average Bonchev–Trinajstić information content (AvgIpc) is 3.29. The first-order valence-corrected chi connectivity index (χ1v) is 12.2. The van der Waals surface area contributed by atoms with Gasteiger partial charge in [-0.25, -0.2) is 4.79 Å². The Balaban J connectivity index is 0.00000432. The van der Waals surface area contributed by atoms with Crippen molar-refractivity contribution in [1.82, 2.24) is 21.0 Å². The van der Waals surface area contributed by atoms with Crippen molar-refractivity contribution < 1.29 is 42.5 Å². The normalized spacial score (nSPS) is 32.4. The maximum absolute atomic E-state index is 13.6. The molecule has 11 heteroatoms. The molecule has 1 saturated carbocycles. The Morgan fingerprint density at radius 2 is 1.94 bits per heavy atom. The number of ether oxygens (including phenoxy) is 1. The number of carbonyl (C=O) groups excluding carboxylic acids is 4. The molecule has 1 saturated heterocycles. The minimum Gasteiger partial charge on any atom is -0.584 e. The van der Waals surface area contributed by atoms with Crippen molar-refractivity contribution in [3.8, 4) is 0 Å². The molecule has 1 unspecified atom stereocenters. The average molecular weight is 528 g/mol. The Bertz CT molecular complexity index is 845. The van der Waals surface area contributed by atoms with E-state index in [1.807, 2.05) is 24.5 Å². The van der Waals surface area contributed by atoms with Crippen LogP contribution in [-0.2, 0) is 37.7 Å². The number of allylic oxidation sites excluding steroid dienone is 1. The zero-order valence-electron chi connectivity index (χ0n) is 21.1. The van der Waals surface area contributed by atoms with Crippen molar-refractivity contribution >= 4 is 23.8 Å². The molecule has 0 aromatic heterocycles. The van der Waals surface area contributed by atoms with E-state index in [0.29, 0.717) is 25.8 Å². The molecule has 5 atom stereocenters. The fraction of sp³-hybridized carbons (Fsp3) is 0.750. The number of rotatable bonds is 2. The number of carbonyl (C=O) groups is 4. The first-order chi connectivity index (χ1) is 16.0. The summed E-state index contributed by atoms with van der Waals surface area (Å²) in [5.74, 6) is 6.00. The Morgan fingerprint density at radius 3 is 2.60 bits per heavy atom. The van der Waals surface area contributed by atoms with E-state index >= 15 is 0 Å². The van der Waals surface area contributed by atoms with Crippen LogP contribution >= 0.6 is 0 Å². The summed E-state index contributed by atoms with van der Waals surface area (Å²) in [6, 6.07) is -1.54. The van der Waals surface area contributed by atoms with Gasteiger partial charge in [0.1, 0.15) is 23.2 Å². The van der Waals surface area contributed by atoms with Crippen LogP contribution in [0.4, 0.5) is 4.79 Å². The fourth-order valence-corrected chi connectivity index (χ4v) is 4.89. The van der Waals surface area contributed by atoms with E-state index in [9.17, 15) is 19.2 Å². The van der Waals surface area contributed by atoms with E-state index in [1.54, 1.807) is 20.8 Å². The molecule has 0 aromatic carbocycles. The van der Waals surface area contributed by atoms with Crippen molar-refractivity contribution in [2.24, 2.45) is 11.8 Å². The molecule has 4 N–H and O–H groups in total. The minimum atomic E-state index is -1.15. The molecular weight excluding hydrogens is 489 g/mol. The summed E-state index contributed by atoms with van der Waals surface area (Å²) >= 11 is 0. The summed E-state index contributed by atoms with van der Waals surface area (Å²) < 4.78 is 5.37. The molecular formula is C24H38N5O5V-. The molecule has 2 heterocycles. The van der Waals surface area contributed by atoms with E-state index in [-0.39, 0.29) is 36.3 Å². The van der Waals surface area contributed by atoms with Crippen molar-refractivity contribution in [3.63, 3.8) is 0 Å². The van der Waals surface area contributed by atoms with Gasteiger partial charge < -0.3 is 31.5 Å². The van der Waals surface area contributed by atoms with Crippen molar-refractivity contribution in [2.75, 3.05) is 6.54 Å². The van der Waals surface area contributed by atoms with Crippen LogP contribution in [0.25, 0.3) is 5.84 Å². The molecule has 1 radical (unpaired) electrons. The van der Waals surface area contributed by atoms with Crippen LogP contribution in [0, 0.1) is 11.8 Å². The van der Waals surface area contributed by atoms with Gasteiger partial charge in [-0.2, -0.15) is 0 Å². The van der Waals surface area contributed by atoms with Gasteiger partial charge in [0.05, 0.1) is 0 Å². The monoisotopic (exact) mass is 527 g/mol. The van der Waals surface area contributed by atoms with Crippen LogP contribution in [0.15, 0.2) is 12.2 Å². The maximum Gasteiger partial charge on any atom is 0.408 e. The van der Waals surface area contributed by atoms with Crippen LogP contribution < -0.4 is 16.1 Å². The predicted octanol–water partition coefficient (Wildman–Crippen LogP) is 2.59. The number of hydrogen-bond donors (Lipinski definition) is 3. The van der Waals surface area contributed by atoms with Gasteiger partial charge in [0.15, 0.2) is 0 Å². The largest absolute Gasteiger partial charge is 0.584 e. The molecule has 2 fully saturated rings. The summed E-state index contributed by atoms with van der Waals surface area (Å²) in [6.45, 7) is 7.64. The standard InChI is InChI=1S/C24H38N5O5.V/c1-15-12-18-19(30)27-24(21(32)28-25)13-16(24)10-8-6-5-7-9-11-17(20(31)29(18)14-15)26-22(33)34-23(2,3)4;/h8,10,15-18,25H,5-7,9,11-14H2,1-4H3,(H,26,33)(H,27,30)(H,28,32);/q-1;/b10-8-;/t15-,16?,17+,18+,24-;/m1./s1.